The minimum Gasteiger partial charge on any atom is -0.388 e. The highest BCUT2D eigenvalue weighted by molar-refractivity contribution is 6.92. The predicted octanol–water partition coefficient (Wildman–Crippen LogP) is 6.38. The molecule has 0 heterocycles. The Kier molecular flexibility index (Phi) is 12.4. The highest BCUT2D eigenvalue weighted by Crippen LogP contribution is 2.14. The summed E-state index contributed by atoms with van der Waals surface area (Å²) in [7, 11) is -2.72. The molecule has 0 saturated carbocycles. The van der Waals surface area contributed by atoms with Gasteiger partial charge >= 0.3 is 8.56 Å². The van der Waals surface area contributed by atoms with Gasteiger partial charge < -0.3 is 8.85 Å². The largest absolute Gasteiger partial charge is 0.407 e. The molecule has 2 nitrogen and oxygen atoms in total. The zero-order chi connectivity index (χ0) is 21.3. The normalized spacial score (nSPS) is 11.5. The van der Waals surface area contributed by atoms with Crippen LogP contribution in [0.1, 0.15) is 71.1 Å². The molecule has 2 aromatic rings. The van der Waals surface area contributed by atoms with Crippen LogP contribution in [0.25, 0.3) is 0 Å². The molecule has 3 heteroatoms. The number of benzene rings is 2. The zero-order valence-corrected chi connectivity index (χ0v) is 19.9. The van der Waals surface area contributed by atoms with Crippen LogP contribution in [0.2, 0.25) is 0 Å². The maximum atomic E-state index is 6.69. The summed E-state index contributed by atoms with van der Waals surface area (Å²) in [5, 5.41) is 2.35. The molecule has 0 aromatic heterocycles. The molecule has 0 aliphatic rings. The minimum absolute atomic E-state index is 0.636. The van der Waals surface area contributed by atoms with E-state index < -0.39 is 8.56 Å². The standard InChI is InChI=1S/C27H40O2Si/c1-3-5-7-8-9-10-11-12-19-25-29-30(28-24-6-4-2,26-20-15-13-16-21-26)27-22-17-14-18-23-27/h4,13-18,20-23H,2-3,5-12,19,24-25H2,1H3. The van der Waals surface area contributed by atoms with Gasteiger partial charge in [-0.2, -0.15) is 0 Å². The van der Waals surface area contributed by atoms with E-state index in [2.05, 4.69) is 74.2 Å². The van der Waals surface area contributed by atoms with Gasteiger partial charge in [0.2, 0.25) is 0 Å². The van der Waals surface area contributed by atoms with Gasteiger partial charge in [0.05, 0.1) is 0 Å². The molecule has 2 rings (SSSR count). The lowest BCUT2D eigenvalue weighted by Gasteiger charge is -2.31. The Morgan fingerprint density at radius 1 is 0.667 bits per heavy atom. The molecule has 0 radical (unpaired) electrons. The lowest BCUT2D eigenvalue weighted by molar-refractivity contribution is 0.190. The molecule has 0 atom stereocenters. The number of hydrogen-bond acceptors (Lipinski definition) is 2. The SMILES string of the molecule is C=CCCO[Si](OCCCCCCCCCCC)(c1ccccc1)c1ccccc1. The van der Waals surface area contributed by atoms with Crippen LogP contribution in [-0.2, 0) is 8.85 Å². The Morgan fingerprint density at radius 2 is 1.13 bits per heavy atom. The summed E-state index contributed by atoms with van der Waals surface area (Å²) in [5.74, 6) is 0. The van der Waals surface area contributed by atoms with Gasteiger partial charge in [-0.25, -0.2) is 0 Å². The minimum atomic E-state index is -2.72. The molecule has 0 aliphatic heterocycles. The van der Waals surface area contributed by atoms with E-state index >= 15 is 0 Å². The monoisotopic (exact) mass is 424 g/mol. The Bertz CT molecular complexity index is 632. The second kappa shape index (κ2) is 15.2. The fraction of sp³-hybridized carbons (Fsp3) is 0.481. The molecule has 0 fully saturated rings. The first-order valence-electron chi connectivity index (χ1n) is 11.8. The summed E-state index contributed by atoms with van der Waals surface area (Å²) in [6, 6.07) is 21.1. The first-order chi connectivity index (χ1) is 14.8. The molecular weight excluding hydrogens is 384 g/mol. The summed E-state index contributed by atoms with van der Waals surface area (Å²) < 4.78 is 13.3. The molecule has 0 unspecified atom stereocenters. The van der Waals surface area contributed by atoms with Crippen molar-refractivity contribution in [3.63, 3.8) is 0 Å². The van der Waals surface area contributed by atoms with Crippen molar-refractivity contribution in [2.45, 2.75) is 71.1 Å². The predicted molar refractivity (Wildman–Crippen MR) is 132 cm³/mol. The summed E-state index contributed by atoms with van der Waals surface area (Å²) in [6.45, 7) is 7.51. The van der Waals surface area contributed by atoms with E-state index in [1.165, 1.54) is 61.7 Å². The van der Waals surface area contributed by atoms with Crippen LogP contribution in [0, 0.1) is 0 Å². The average Bonchev–Trinajstić information content (AvgIpc) is 2.80. The third kappa shape index (κ3) is 8.21. The van der Waals surface area contributed by atoms with Crippen molar-refractivity contribution in [1.29, 1.82) is 0 Å². The van der Waals surface area contributed by atoms with Gasteiger partial charge in [0.1, 0.15) is 0 Å². The second-order valence-electron chi connectivity index (χ2n) is 7.95. The molecule has 0 aliphatic carbocycles. The van der Waals surface area contributed by atoms with Crippen molar-refractivity contribution >= 4 is 18.9 Å². The van der Waals surface area contributed by atoms with Gasteiger partial charge in [0.15, 0.2) is 0 Å². The molecule has 0 saturated heterocycles. The van der Waals surface area contributed by atoms with Crippen molar-refractivity contribution in [3.8, 4) is 0 Å². The van der Waals surface area contributed by atoms with E-state index in [0.717, 1.165) is 19.4 Å². The van der Waals surface area contributed by atoms with Gasteiger partial charge in [-0.15, -0.1) is 6.58 Å². The van der Waals surface area contributed by atoms with Crippen LogP contribution in [0.4, 0.5) is 0 Å². The molecule has 30 heavy (non-hydrogen) atoms. The first kappa shape index (κ1) is 24.6. The topological polar surface area (TPSA) is 18.5 Å². The zero-order valence-electron chi connectivity index (χ0n) is 18.9. The Hall–Kier alpha value is -1.68. The lowest BCUT2D eigenvalue weighted by Crippen LogP contribution is -2.63. The summed E-state index contributed by atoms with van der Waals surface area (Å²) in [6.07, 6.45) is 14.6. The van der Waals surface area contributed by atoms with E-state index in [4.69, 9.17) is 8.85 Å². The van der Waals surface area contributed by atoms with Crippen molar-refractivity contribution in [3.05, 3.63) is 73.3 Å². The summed E-state index contributed by atoms with van der Waals surface area (Å²) in [5.41, 5.74) is 0. The van der Waals surface area contributed by atoms with Gasteiger partial charge in [-0.1, -0.05) is 125 Å². The van der Waals surface area contributed by atoms with Crippen LogP contribution < -0.4 is 10.4 Å². The van der Waals surface area contributed by atoms with Gasteiger partial charge in [0.25, 0.3) is 0 Å². The van der Waals surface area contributed by atoms with Crippen LogP contribution in [-0.4, -0.2) is 21.8 Å². The lowest BCUT2D eigenvalue weighted by atomic mass is 10.1. The quantitative estimate of drug-likeness (QED) is 0.167. The van der Waals surface area contributed by atoms with E-state index in [-0.39, 0.29) is 0 Å². The Balaban J connectivity index is 1.97. The first-order valence-corrected chi connectivity index (χ1v) is 13.6. The van der Waals surface area contributed by atoms with Crippen LogP contribution in [0.15, 0.2) is 73.3 Å². The Morgan fingerprint density at radius 3 is 1.63 bits per heavy atom. The molecule has 2 aromatic carbocycles. The molecule has 0 N–H and O–H groups in total. The molecule has 164 valence electrons. The maximum Gasteiger partial charge on any atom is 0.407 e. The fourth-order valence-electron chi connectivity index (χ4n) is 3.77. The van der Waals surface area contributed by atoms with Crippen molar-refractivity contribution in [2.75, 3.05) is 13.2 Å². The van der Waals surface area contributed by atoms with E-state index in [0.29, 0.717) is 6.61 Å². The van der Waals surface area contributed by atoms with Gasteiger partial charge in [-0.3, -0.25) is 0 Å². The van der Waals surface area contributed by atoms with Gasteiger partial charge in [-0.05, 0) is 23.2 Å². The maximum absolute atomic E-state index is 6.69. The number of unbranched alkanes of at least 4 members (excludes halogenated alkanes) is 8. The van der Waals surface area contributed by atoms with Crippen molar-refractivity contribution in [2.24, 2.45) is 0 Å². The van der Waals surface area contributed by atoms with Crippen molar-refractivity contribution < 1.29 is 8.85 Å². The van der Waals surface area contributed by atoms with E-state index in [1.807, 2.05) is 6.08 Å². The summed E-state index contributed by atoms with van der Waals surface area (Å²) in [4.78, 5) is 0. The van der Waals surface area contributed by atoms with Gasteiger partial charge in [0, 0.05) is 13.2 Å². The smallest absolute Gasteiger partial charge is 0.388 e. The fourth-order valence-corrected chi connectivity index (χ4v) is 6.95. The highest BCUT2D eigenvalue weighted by Gasteiger charge is 2.42. The van der Waals surface area contributed by atoms with Crippen LogP contribution in [0.5, 0.6) is 0 Å². The van der Waals surface area contributed by atoms with Crippen LogP contribution in [0.3, 0.4) is 0 Å². The second-order valence-corrected chi connectivity index (χ2v) is 10.9. The Labute approximate surface area is 185 Å². The molecule has 0 spiro atoms. The van der Waals surface area contributed by atoms with E-state index in [1.54, 1.807) is 0 Å². The summed E-state index contributed by atoms with van der Waals surface area (Å²) >= 11 is 0. The number of rotatable bonds is 17. The molecule has 0 bridgehead atoms. The van der Waals surface area contributed by atoms with Crippen molar-refractivity contribution in [1.82, 2.24) is 0 Å². The third-order valence-electron chi connectivity index (χ3n) is 5.49. The third-order valence-corrected chi connectivity index (χ3v) is 8.90. The average molecular weight is 425 g/mol. The van der Waals surface area contributed by atoms with Crippen LogP contribution >= 0.6 is 0 Å². The molecular formula is C27H40O2Si. The van der Waals surface area contributed by atoms with E-state index in [9.17, 15) is 0 Å². The number of hydrogen-bond donors (Lipinski definition) is 0. The molecule has 0 amide bonds. The highest BCUT2D eigenvalue weighted by atomic mass is 28.4.